The van der Waals surface area contributed by atoms with Crippen LogP contribution in [0, 0.1) is 11.8 Å². The van der Waals surface area contributed by atoms with Gasteiger partial charge < -0.3 is 9.47 Å². The van der Waals surface area contributed by atoms with E-state index in [4.69, 9.17) is 9.47 Å². The normalized spacial score (nSPS) is 39.5. The van der Waals surface area contributed by atoms with Crippen molar-refractivity contribution >= 4 is 11.7 Å². The van der Waals surface area contributed by atoms with Gasteiger partial charge in [-0.25, -0.2) is 4.79 Å². The van der Waals surface area contributed by atoms with Gasteiger partial charge in [0.1, 0.15) is 6.10 Å². The second-order valence-electron chi connectivity index (χ2n) is 5.80. The monoisotopic (exact) mass is 271 g/mol. The van der Waals surface area contributed by atoms with Crippen LogP contribution in [0.25, 0.3) is 0 Å². The van der Waals surface area contributed by atoms with E-state index < -0.39 is 0 Å². The smallest absolute Gasteiger partial charge is 0.338 e. The number of carbonyl (C=O) groups is 1. The summed E-state index contributed by atoms with van der Waals surface area (Å²) < 4.78 is 11.3. The van der Waals surface area contributed by atoms with E-state index in [-0.39, 0.29) is 12.1 Å². The number of hydrogen-bond donors (Lipinski definition) is 0. The Bertz CT molecular complexity index is 568. The lowest BCUT2D eigenvalue weighted by atomic mass is 9.64. The Labute approximate surface area is 117 Å². The molecule has 104 valence electrons. The van der Waals surface area contributed by atoms with Crippen molar-refractivity contribution in [1.82, 2.24) is 0 Å². The number of fused-ring (bicyclic) bond motifs is 4. The van der Waals surface area contributed by atoms with Crippen molar-refractivity contribution in [3.63, 3.8) is 0 Å². The second-order valence-corrected chi connectivity index (χ2v) is 5.80. The summed E-state index contributed by atoms with van der Waals surface area (Å²) in [5.41, 5.74) is 1.77. The van der Waals surface area contributed by atoms with E-state index in [9.17, 15) is 4.79 Å². The summed E-state index contributed by atoms with van der Waals surface area (Å²) in [6, 6.07) is 9.16. The van der Waals surface area contributed by atoms with E-state index in [1.807, 2.05) is 25.2 Å². The largest absolute Gasteiger partial charge is 0.458 e. The van der Waals surface area contributed by atoms with Crippen LogP contribution in [0.2, 0.25) is 0 Å². The molecule has 1 aromatic rings. The molecule has 1 saturated heterocycles. The number of nitrogens with zero attached hydrogens (tertiary/aromatic N) is 1. The molecule has 5 atom stereocenters. The van der Waals surface area contributed by atoms with Crippen LogP contribution < -0.4 is 0 Å². The molecule has 0 radical (unpaired) electrons. The van der Waals surface area contributed by atoms with E-state index >= 15 is 0 Å². The van der Waals surface area contributed by atoms with Gasteiger partial charge in [0.2, 0.25) is 0 Å². The fourth-order valence-corrected chi connectivity index (χ4v) is 3.67. The van der Waals surface area contributed by atoms with Gasteiger partial charge in [-0.1, -0.05) is 18.2 Å². The number of epoxide rings is 1. The maximum Gasteiger partial charge on any atom is 0.338 e. The molecule has 0 spiro atoms. The first-order valence-corrected chi connectivity index (χ1v) is 7.15. The van der Waals surface area contributed by atoms with Gasteiger partial charge >= 0.3 is 5.97 Å². The SMILES string of the molecule is CN=C1CC(OC(=O)c2ccccc2)CC2C1C1O[C@H]21. The summed E-state index contributed by atoms with van der Waals surface area (Å²) in [7, 11) is 1.82. The van der Waals surface area contributed by atoms with Gasteiger partial charge in [-0.3, -0.25) is 4.99 Å². The molecule has 1 aromatic carbocycles. The van der Waals surface area contributed by atoms with E-state index in [0.717, 1.165) is 18.6 Å². The van der Waals surface area contributed by atoms with Gasteiger partial charge in [0, 0.05) is 31.0 Å². The summed E-state index contributed by atoms with van der Waals surface area (Å²) in [4.78, 5) is 16.5. The number of hydrogen-bond acceptors (Lipinski definition) is 4. The summed E-state index contributed by atoms with van der Waals surface area (Å²) in [5, 5.41) is 0. The van der Waals surface area contributed by atoms with Crippen LogP contribution in [0.5, 0.6) is 0 Å². The highest BCUT2D eigenvalue weighted by Crippen LogP contribution is 2.57. The van der Waals surface area contributed by atoms with Crippen LogP contribution in [0.1, 0.15) is 23.2 Å². The third-order valence-corrected chi connectivity index (χ3v) is 4.73. The summed E-state index contributed by atoms with van der Waals surface area (Å²) >= 11 is 0. The van der Waals surface area contributed by atoms with Crippen molar-refractivity contribution in [2.24, 2.45) is 16.8 Å². The molecule has 1 aliphatic heterocycles. The van der Waals surface area contributed by atoms with Crippen LogP contribution in [0.3, 0.4) is 0 Å². The molecule has 2 saturated carbocycles. The lowest BCUT2D eigenvalue weighted by Gasteiger charge is -2.40. The molecule has 0 aromatic heterocycles. The van der Waals surface area contributed by atoms with Gasteiger partial charge in [0.05, 0.1) is 17.8 Å². The number of benzene rings is 1. The zero-order valence-electron chi connectivity index (χ0n) is 11.4. The number of rotatable bonds is 2. The van der Waals surface area contributed by atoms with Gasteiger partial charge in [-0.15, -0.1) is 0 Å². The maximum atomic E-state index is 12.1. The third-order valence-electron chi connectivity index (χ3n) is 4.73. The Hall–Kier alpha value is -1.68. The van der Waals surface area contributed by atoms with Crippen LogP contribution in [-0.4, -0.2) is 37.0 Å². The van der Waals surface area contributed by atoms with Crippen molar-refractivity contribution in [1.29, 1.82) is 0 Å². The average Bonchev–Trinajstić information content (AvgIpc) is 3.19. The van der Waals surface area contributed by atoms with Crippen LogP contribution in [-0.2, 0) is 9.47 Å². The van der Waals surface area contributed by atoms with Gasteiger partial charge in [-0.05, 0) is 18.6 Å². The van der Waals surface area contributed by atoms with E-state index in [0.29, 0.717) is 29.6 Å². The predicted octanol–water partition coefficient (Wildman–Crippen LogP) is 2.09. The van der Waals surface area contributed by atoms with E-state index in [1.54, 1.807) is 12.1 Å². The minimum absolute atomic E-state index is 0.0622. The van der Waals surface area contributed by atoms with Crippen LogP contribution in [0.4, 0.5) is 0 Å². The molecule has 4 rings (SSSR count). The fraction of sp³-hybridized carbons (Fsp3) is 0.500. The predicted molar refractivity (Wildman–Crippen MR) is 73.9 cm³/mol. The molecule has 2 aliphatic carbocycles. The second kappa shape index (κ2) is 4.42. The third kappa shape index (κ3) is 1.79. The Morgan fingerprint density at radius 3 is 2.85 bits per heavy atom. The van der Waals surface area contributed by atoms with Crippen LogP contribution >= 0.6 is 0 Å². The molecule has 0 N–H and O–H groups in total. The Kier molecular flexibility index (Phi) is 2.67. The fourth-order valence-electron chi connectivity index (χ4n) is 3.67. The van der Waals surface area contributed by atoms with Crippen molar-refractivity contribution in [2.45, 2.75) is 31.2 Å². The Morgan fingerprint density at radius 2 is 2.10 bits per heavy atom. The zero-order chi connectivity index (χ0) is 13.7. The number of carbonyl (C=O) groups excluding carboxylic acids is 1. The lowest BCUT2D eigenvalue weighted by Crippen LogP contribution is -2.49. The minimum Gasteiger partial charge on any atom is -0.458 e. The average molecular weight is 271 g/mol. The molecule has 20 heavy (non-hydrogen) atoms. The van der Waals surface area contributed by atoms with E-state index in [1.165, 1.54) is 0 Å². The van der Waals surface area contributed by atoms with Crippen LogP contribution in [0.15, 0.2) is 35.3 Å². The molecule has 4 nitrogen and oxygen atoms in total. The molecule has 3 aliphatic rings. The molecule has 3 fully saturated rings. The molecule has 1 heterocycles. The summed E-state index contributed by atoms with van der Waals surface area (Å²) in [6.07, 6.45) is 2.40. The highest BCUT2D eigenvalue weighted by Gasteiger charge is 2.67. The van der Waals surface area contributed by atoms with Gasteiger partial charge in [0.15, 0.2) is 0 Å². The highest BCUT2D eigenvalue weighted by molar-refractivity contribution is 5.92. The standard InChI is InChI=1S/C16H17NO3/c1-17-12-8-10(7-11-13(12)15-14(11)20-15)19-16(18)9-5-3-2-4-6-9/h2-6,10-11,13-15H,7-8H2,1H3/t10?,11?,13?,14-,15?/m1/s1. The molecule has 0 bridgehead atoms. The van der Waals surface area contributed by atoms with Crippen molar-refractivity contribution < 1.29 is 14.3 Å². The lowest BCUT2D eigenvalue weighted by molar-refractivity contribution is 0.0168. The molecule has 4 heteroatoms. The maximum absolute atomic E-state index is 12.1. The molecule has 0 amide bonds. The molecular weight excluding hydrogens is 254 g/mol. The number of ether oxygens (including phenoxy) is 2. The first-order chi connectivity index (χ1) is 9.78. The quantitative estimate of drug-likeness (QED) is 0.611. The molecular formula is C16H17NO3. The Morgan fingerprint density at radius 1 is 1.30 bits per heavy atom. The summed E-state index contributed by atoms with van der Waals surface area (Å²) in [6.45, 7) is 0. The zero-order valence-corrected chi connectivity index (χ0v) is 11.4. The number of esters is 1. The van der Waals surface area contributed by atoms with Crippen molar-refractivity contribution in [3.8, 4) is 0 Å². The van der Waals surface area contributed by atoms with Gasteiger partial charge in [-0.2, -0.15) is 0 Å². The topological polar surface area (TPSA) is 51.2 Å². The molecule has 4 unspecified atom stereocenters. The van der Waals surface area contributed by atoms with Crippen molar-refractivity contribution in [3.05, 3.63) is 35.9 Å². The summed E-state index contributed by atoms with van der Waals surface area (Å²) in [5.74, 6) is 0.745. The first kappa shape index (κ1) is 12.1. The minimum atomic E-state index is -0.239. The number of aliphatic imine (C=N–C) groups is 1. The first-order valence-electron chi connectivity index (χ1n) is 7.15. The highest BCUT2D eigenvalue weighted by atomic mass is 16.6. The van der Waals surface area contributed by atoms with Gasteiger partial charge in [0.25, 0.3) is 0 Å². The van der Waals surface area contributed by atoms with Crippen molar-refractivity contribution in [2.75, 3.05) is 7.05 Å². The van der Waals surface area contributed by atoms with E-state index in [2.05, 4.69) is 4.99 Å². The Balaban J connectivity index is 1.46.